The Morgan fingerprint density at radius 3 is 2.60 bits per heavy atom. The molecule has 2 heteroatoms. The molecular formula is C13H18O2. The Morgan fingerprint density at radius 1 is 1.33 bits per heavy atom. The summed E-state index contributed by atoms with van der Waals surface area (Å²) < 4.78 is 5.05. The van der Waals surface area contributed by atoms with Gasteiger partial charge in [-0.25, -0.2) is 0 Å². The maximum atomic E-state index is 11.5. The summed E-state index contributed by atoms with van der Waals surface area (Å²) in [5, 5.41) is 0. The third-order valence-electron chi connectivity index (χ3n) is 2.45. The van der Waals surface area contributed by atoms with E-state index in [1.54, 1.807) is 7.11 Å². The Labute approximate surface area is 91.3 Å². The molecule has 1 unspecified atom stereocenters. The molecule has 1 aromatic carbocycles. The summed E-state index contributed by atoms with van der Waals surface area (Å²) in [5.41, 5.74) is 1.22. The van der Waals surface area contributed by atoms with Crippen LogP contribution in [-0.4, -0.2) is 19.0 Å². The molecule has 0 aliphatic rings. The maximum Gasteiger partial charge on any atom is 0.135 e. The second-order valence-corrected chi connectivity index (χ2v) is 3.77. The lowest BCUT2D eigenvalue weighted by Gasteiger charge is -2.07. The van der Waals surface area contributed by atoms with Crippen molar-refractivity contribution in [3.05, 3.63) is 35.9 Å². The van der Waals surface area contributed by atoms with Crippen molar-refractivity contribution in [3.8, 4) is 0 Å². The van der Waals surface area contributed by atoms with Crippen molar-refractivity contribution in [1.82, 2.24) is 0 Å². The number of aryl methyl sites for hydroxylation is 1. The lowest BCUT2D eigenvalue weighted by Crippen LogP contribution is -2.12. The van der Waals surface area contributed by atoms with E-state index in [-0.39, 0.29) is 11.9 Å². The van der Waals surface area contributed by atoms with E-state index >= 15 is 0 Å². The molecule has 1 atom stereocenters. The summed E-state index contributed by atoms with van der Waals surface area (Å²) in [6.45, 7) is 1.92. The van der Waals surface area contributed by atoms with Gasteiger partial charge < -0.3 is 4.74 Å². The summed E-state index contributed by atoms with van der Waals surface area (Å²) in [4.78, 5) is 11.5. The number of hydrogen-bond acceptors (Lipinski definition) is 2. The second kappa shape index (κ2) is 6.36. The minimum Gasteiger partial charge on any atom is -0.381 e. The zero-order valence-corrected chi connectivity index (χ0v) is 9.40. The first-order valence-electron chi connectivity index (χ1n) is 5.31. The second-order valence-electron chi connectivity index (χ2n) is 3.77. The summed E-state index contributed by atoms with van der Waals surface area (Å²) in [6.07, 6.45) is 1.99. The predicted molar refractivity (Wildman–Crippen MR) is 60.9 cm³/mol. The smallest absolute Gasteiger partial charge is 0.135 e. The van der Waals surface area contributed by atoms with Crippen molar-refractivity contribution in [2.45, 2.75) is 32.3 Å². The molecule has 0 bridgehead atoms. The first kappa shape index (κ1) is 11.9. The minimum absolute atomic E-state index is 0.0354. The molecule has 0 spiro atoms. The summed E-state index contributed by atoms with van der Waals surface area (Å²) in [7, 11) is 1.63. The molecule has 0 saturated heterocycles. The molecule has 0 radical (unpaired) electrons. The molecule has 1 rings (SSSR count). The van der Waals surface area contributed by atoms with Crippen LogP contribution < -0.4 is 0 Å². The Hall–Kier alpha value is -1.15. The molecule has 0 aliphatic carbocycles. The maximum absolute atomic E-state index is 11.5. The Balaban J connectivity index is 2.29. The number of Topliss-reactive ketones (excluding diaryl/α,β-unsaturated/α-hetero) is 1. The number of carbonyl (C=O) groups is 1. The average Bonchev–Trinajstić information content (AvgIpc) is 2.27. The average molecular weight is 206 g/mol. The van der Waals surface area contributed by atoms with E-state index in [2.05, 4.69) is 0 Å². The summed E-state index contributed by atoms with van der Waals surface area (Å²) in [5.74, 6) is 0.271. The van der Waals surface area contributed by atoms with Gasteiger partial charge in [-0.1, -0.05) is 30.3 Å². The molecule has 0 N–H and O–H groups in total. The Bertz CT molecular complexity index is 293. The van der Waals surface area contributed by atoms with Crippen LogP contribution in [-0.2, 0) is 16.0 Å². The third kappa shape index (κ3) is 4.75. The van der Waals surface area contributed by atoms with Gasteiger partial charge in [0.1, 0.15) is 5.78 Å². The molecular weight excluding hydrogens is 188 g/mol. The quantitative estimate of drug-likeness (QED) is 0.715. The normalized spacial score (nSPS) is 12.4. The topological polar surface area (TPSA) is 26.3 Å². The third-order valence-corrected chi connectivity index (χ3v) is 2.45. The van der Waals surface area contributed by atoms with Gasteiger partial charge in [-0.05, 0) is 18.9 Å². The Kier molecular flexibility index (Phi) is 5.05. The van der Waals surface area contributed by atoms with Crippen LogP contribution in [0.3, 0.4) is 0 Å². The zero-order chi connectivity index (χ0) is 11.1. The van der Waals surface area contributed by atoms with Gasteiger partial charge >= 0.3 is 0 Å². The van der Waals surface area contributed by atoms with Gasteiger partial charge in [0.2, 0.25) is 0 Å². The van der Waals surface area contributed by atoms with Crippen LogP contribution in [0.1, 0.15) is 25.3 Å². The van der Waals surface area contributed by atoms with Crippen LogP contribution in [0.15, 0.2) is 30.3 Å². The number of rotatable bonds is 6. The van der Waals surface area contributed by atoms with E-state index < -0.39 is 0 Å². The van der Waals surface area contributed by atoms with Gasteiger partial charge in [0, 0.05) is 20.0 Å². The van der Waals surface area contributed by atoms with E-state index in [4.69, 9.17) is 4.74 Å². The molecule has 1 aromatic rings. The summed E-state index contributed by atoms with van der Waals surface area (Å²) >= 11 is 0. The highest BCUT2D eigenvalue weighted by Crippen LogP contribution is 2.06. The van der Waals surface area contributed by atoms with Crippen LogP contribution in [0, 0.1) is 0 Å². The highest BCUT2D eigenvalue weighted by atomic mass is 16.5. The first-order valence-corrected chi connectivity index (χ1v) is 5.31. The molecule has 0 fully saturated rings. The van der Waals surface area contributed by atoms with Gasteiger partial charge in [-0.15, -0.1) is 0 Å². The monoisotopic (exact) mass is 206 g/mol. The fraction of sp³-hybridized carbons (Fsp3) is 0.462. The van der Waals surface area contributed by atoms with E-state index in [0.29, 0.717) is 12.8 Å². The Morgan fingerprint density at radius 2 is 2.00 bits per heavy atom. The molecule has 0 amide bonds. The fourth-order valence-corrected chi connectivity index (χ4v) is 1.43. The zero-order valence-electron chi connectivity index (χ0n) is 9.40. The highest BCUT2D eigenvalue weighted by molar-refractivity contribution is 5.79. The molecule has 0 heterocycles. The van der Waals surface area contributed by atoms with Gasteiger partial charge in [0.05, 0.1) is 6.10 Å². The predicted octanol–water partition coefficient (Wildman–Crippen LogP) is 2.61. The lowest BCUT2D eigenvalue weighted by atomic mass is 10.0. The van der Waals surface area contributed by atoms with Gasteiger partial charge in [0.15, 0.2) is 0 Å². The lowest BCUT2D eigenvalue weighted by molar-refractivity contribution is -0.121. The summed E-state index contributed by atoms with van der Waals surface area (Å²) in [6, 6.07) is 10.1. The SMILES string of the molecule is COC(C)CC(=O)CCc1ccccc1. The molecule has 0 saturated carbocycles. The standard InChI is InChI=1S/C13H18O2/c1-11(15-2)10-13(14)9-8-12-6-4-3-5-7-12/h3-7,11H,8-10H2,1-2H3. The van der Waals surface area contributed by atoms with Gasteiger partial charge in [-0.3, -0.25) is 4.79 Å². The van der Waals surface area contributed by atoms with Crippen LogP contribution in [0.5, 0.6) is 0 Å². The van der Waals surface area contributed by atoms with E-state index in [1.807, 2.05) is 37.3 Å². The fourth-order valence-electron chi connectivity index (χ4n) is 1.43. The van der Waals surface area contributed by atoms with Gasteiger partial charge in [0.25, 0.3) is 0 Å². The molecule has 15 heavy (non-hydrogen) atoms. The van der Waals surface area contributed by atoms with Crippen LogP contribution in [0.4, 0.5) is 0 Å². The van der Waals surface area contributed by atoms with Crippen LogP contribution >= 0.6 is 0 Å². The number of benzene rings is 1. The van der Waals surface area contributed by atoms with Crippen LogP contribution in [0.2, 0.25) is 0 Å². The number of hydrogen-bond donors (Lipinski definition) is 0. The van der Waals surface area contributed by atoms with Crippen LogP contribution in [0.25, 0.3) is 0 Å². The largest absolute Gasteiger partial charge is 0.381 e. The number of ether oxygens (including phenoxy) is 1. The molecule has 0 aliphatic heterocycles. The van der Waals surface area contributed by atoms with E-state index in [0.717, 1.165) is 6.42 Å². The van der Waals surface area contributed by atoms with Crippen molar-refractivity contribution in [1.29, 1.82) is 0 Å². The van der Waals surface area contributed by atoms with Crippen molar-refractivity contribution in [3.63, 3.8) is 0 Å². The molecule has 0 aromatic heterocycles. The van der Waals surface area contributed by atoms with E-state index in [1.165, 1.54) is 5.56 Å². The highest BCUT2D eigenvalue weighted by Gasteiger charge is 2.07. The van der Waals surface area contributed by atoms with E-state index in [9.17, 15) is 4.79 Å². The molecule has 2 nitrogen and oxygen atoms in total. The number of ketones is 1. The van der Waals surface area contributed by atoms with Crippen molar-refractivity contribution >= 4 is 5.78 Å². The number of carbonyl (C=O) groups excluding carboxylic acids is 1. The molecule has 82 valence electrons. The first-order chi connectivity index (χ1) is 7.22. The van der Waals surface area contributed by atoms with Crippen molar-refractivity contribution in [2.24, 2.45) is 0 Å². The minimum atomic E-state index is 0.0354. The number of methoxy groups -OCH3 is 1. The van der Waals surface area contributed by atoms with Crippen molar-refractivity contribution < 1.29 is 9.53 Å². The van der Waals surface area contributed by atoms with Crippen molar-refractivity contribution in [2.75, 3.05) is 7.11 Å². The van der Waals surface area contributed by atoms with Gasteiger partial charge in [-0.2, -0.15) is 0 Å².